The molecule has 0 saturated heterocycles. The van der Waals surface area contributed by atoms with Crippen LogP contribution in [0.25, 0.3) is 5.69 Å². The van der Waals surface area contributed by atoms with Gasteiger partial charge in [0.1, 0.15) is 11.6 Å². The lowest BCUT2D eigenvalue weighted by Gasteiger charge is -2.12. The third kappa shape index (κ3) is 4.51. The summed E-state index contributed by atoms with van der Waals surface area (Å²) >= 11 is 1.34. The first kappa shape index (κ1) is 18.2. The maximum atomic E-state index is 13.0. The van der Waals surface area contributed by atoms with Crippen molar-refractivity contribution in [2.45, 2.75) is 23.7 Å². The normalized spacial score (nSPS) is 12.8. The van der Waals surface area contributed by atoms with E-state index in [1.165, 1.54) is 52.8 Å². The van der Waals surface area contributed by atoms with E-state index in [-0.39, 0.29) is 16.8 Å². The van der Waals surface area contributed by atoms with E-state index in [2.05, 4.69) is 20.3 Å². The maximum Gasteiger partial charge on any atom is 0.573 e. The van der Waals surface area contributed by atoms with Crippen molar-refractivity contribution in [1.82, 2.24) is 20.2 Å². The fraction of sp³-hybridized carbons (Fsp3) is 0.188. The van der Waals surface area contributed by atoms with E-state index in [9.17, 15) is 17.6 Å². The Labute approximate surface area is 150 Å². The Bertz CT molecular complexity index is 865. The van der Waals surface area contributed by atoms with Crippen LogP contribution in [0.4, 0.5) is 17.6 Å². The van der Waals surface area contributed by atoms with E-state index in [0.29, 0.717) is 10.8 Å². The first-order valence-corrected chi connectivity index (χ1v) is 8.26. The highest BCUT2D eigenvalue weighted by Gasteiger charge is 2.31. The van der Waals surface area contributed by atoms with Crippen molar-refractivity contribution in [1.29, 1.82) is 0 Å². The summed E-state index contributed by atoms with van der Waals surface area (Å²) in [5, 5.41) is 11.8. The van der Waals surface area contributed by atoms with Gasteiger partial charge in [0.25, 0.3) is 0 Å². The average Bonchev–Trinajstić information content (AvgIpc) is 3.03. The van der Waals surface area contributed by atoms with Crippen molar-refractivity contribution in [3.8, 4) is 11.4 Å². The topological polar surface area (TPSA) is 52.8 Å². The number of tetrazole rings is 1. The van der Waals surface area contributed by atoms with Crippen molar-refractivity contribution in [3.05, 3.63) is 59.9 Å². The minimum Gasteiger partial charge on any atom is -0.406 e. The van der Waals surface area contributed by atoms with Crippen LogP contribution in [-0.2, 0) is 0 Å². The highest BCUT2D eigenvalue weighted by atomic mass is 32.2. The molecule has 26 heavy (non-hydrogen) atoms. The molecule has 10 heteroatoms. The van der Waals surface area contributed by atoms with Gasteiger partial charge in [0.15, 0.2) is 0 Å². The number of halogens is 4. The first-order valence-electron chi connectivity index (χ1n) is 7.38. The molecule has 1 aromatic heterocycles. The third-order valence-corrected chi connectivity index (χ3v) is 4.47. The zero-order chi connectivity index (χ0) is 18.7. The molecule has 0 aliphatic carbocycles. The van der Waals surface area contributed by atoms with Crippen LogP contribution in [0.1, 0.15) is 17.7 Å². The second-order valence-electron chi connectivity index (χ2n) is 5.23. The van der Waals surface area contributed by atoms with Crippen molar-refractivity contribution < 1.29 is 22.3 Å². The molecule has 0 saturated carbocycles. The number of ether oxygens (including phenoxy) is 1. The van der Waals surface area contributed by atoms with Gasteiger partial charge in [0.05, 0.1) is 5.69 Å². The molecule has 5 nitrogen and oxygen atoms in total. The molecule has 2 aromatic carbocycles. The van der Waals surface area contributed by atoms with Crippen LogP contribution in [0.15, 0.2) is 53.7 Å². The molecule has 1 heterocycles. The summed E-state index contributed by atoms with van der Waals surface area (Å²) in [5.41, 5.74) is 1.37. The summed E-state index contributed by atoms with van der Waals surface area (Å²) in [4.78, 5) is 0. The molecule has 3 aromatic rings. The molecule has 1 unspecified atom stereocenters. The Balaban J connectivity index is 1.77. The molecule has 3 rings (SSSR count). The van der Waals surface area contributed by atoms with Gasteiger partial charge in [0.2, 0.25) is 5.16 Å². The summed E-state index contributed by atoms with van der Waals surface area (Å²) in [5.74, 6) is -0.653. The Hall–Kier alpha value is -2.62. The standard InChI is InChI=1S/C16H12F4N4OS/c1-10(11-2-4-12(17)5-3-11)26-15-21-22-23-24(15)13-6-8-14(9-7-13)25-16(18,19)20/h2-10H,1H3. The molecule has 0 aliphatic heterocycles. The highest BCUT2D eigenvalue weighted by molar-refractivity contribution is 7.99. The monoisotopic (exact) mass is 384 g/mol. The van der Waals surface area contributed by atoms with Gasteiger partial charge in [-0.1, -0.05) is 23.9 Å². The fourth-order valence-corrected chi connectivity index (χ4v) is 3.10. The van der Waals surface area contributed by atoms with Crippen molar-refractivity contribution in [2.75, 3.05) is 0 Å². The molecule has 0 bridgehead atoms. The van der Waals surface area contributed by atoms with Crippen LogP contribution in [0.3, 0.4) is 0 Å². The van der Waals surface area contributed by atoms with Gasteiger partial charge in [-0.25, -0.2) is 4.39 Å². The molecule has 0 amide bonds. The van der Waals surface area contributed by atoms with Crippen molar-refractivity contribution in [2.24, 2.45) is 0 Å². The summed E-state index contributed by atoms with van der Waals surface area (Å²) in [6, 6.07) is 11.3. The largest absolute Gasteiger partial charge is 0.573 e. The molecule has 1 atom stereocenters. The Morgan fingerprint density at radius 2 is 1.69 bits per heavy atom. The number of nitrogens with zero attached hydrogens (tertiary/aromatic N) is 4. The smallest absolute Gasteiger partial charge is 0.406 e. The lowest BCUT2D eigenvalue weighted by Crippen LogP contribution is -2.17. The lowest BCUT2D eigenvalue weighted by atomic mass is 10.2. The van der Waals surface area contributed by atoms with Crippen LogP contribution >= 0.6 is 11.8 Å². The van der Waals surface area contributed by atoms with Crippen LogP contribution in [0, 0.1) is 5.82 Å². The van der Waals surface area contributed by atoms with Gasteiger partial charge in [-0.2, -0.15) is 4.68 Å². The number of rotatable bonds is 5. The summed E-state index contributed by atoms with van der Waals surface area (Å²) < 4.78 is 54.9. The zero-order valence-electron chi connectivity index (χ0n) is 13.3. The number of alkyl halides is 3. The van der Waals surface area contributed by atoms with E-state index in [0.717, 1.165) is 5.56 Å². The van der Waals surface area contributed by atoms with Gasteiger partial charge >= 0.3 is 6.36 Å². The number of benzene rings is 2. The van der Waals surface area contributed by atoms with E-state index in [1.54, 1.807) is 12.1 Å². The van der Waals surface area contributed by atoms with Gasteiger partial charge in [-0.3, -0.25) is 0 Å². The molecule has 0 spiro atoms. The Kier molecular flexibility index (Phi) is 5.12. The lowest BCUT2D eigenvalue weighted by molar-refractivity contribution is -0.274. The van der Waals surface area contributed by atoms with Crippen molar-refractivity contribution >= 4 is 11.8 Å². The van der Waals surface area contributed by atoms with Crippen LogP contribution < -0.4 is 4.74 Å². The number of hydrogen-bond acceptors (Lipinski definition) is 5. The van der Waals surface area contributed by atoms with E-state index < -0.39 is 6.36 Å². The van der Waals surface area contributed by atoms with Crippen LogP contribution in [-0.4, -0.2) is 26.6 Å². The van der Waals surface area contributed by atoms with Crippen LogP contribution in [0.2, 0.25) is 0 Å². The molecular formula is C16H12F4N4OS. The third-order valence-electron chi connectivity index (χ3n) is 3.38. The zero-order valence-corrected chi connectivity index (χ0v) is 14.1. The fourth-order valence-electron chi connectivity index (χ4n) is 2.16. The molecular weight excluding hydrogens is 372 g/mol. The SMILES string of the molecule is CC(Sc1nnnn1-c1ccc(OC(F)(F)F)cc1)c1ccc(F)cc1. The minimum atomic E-state index is -4.75. The van der Waals surface area contributed by atoms with Crippen LogP contribution in [0.5, 0.6) is 5.75 Å². The van der Waals surface area contributed by atoms with Gasteiger partial charge < -0.3 is 4.74 Å². The predicted octanol–water partition coefficient (Wildman–Crippen LogP) is 4.55. The molecule has 0 N–H and O–H groups in total. The summed E-state index contributed by atoms with van der Waals surface area (Å²) in [7, 11) is 0. The molecule has 0 fully saturated rings. The van der Waals surface area contributed by atoms with E-state index >= 15 is 0 Å². The second-order valence-corrected chi connectivity index (χ2v) is 6.53. The Morgan fingerprint density at radius 1 is 1.04 bits per heavy atom. The molecule has 136 valence electrons. The van der Waals surface area contributed by atoms with Gasteiger partial charge in [-0.05, 0) is 59.3 Å². The predicted molar refractivity (Wildman–Crippen MR) is 86.5 cm³/mol. The highest BCUT2D eigenvalue weighted by Crippen LogP contribution is 2.34. The van der Waals surface area contributed by atoms with E-state index in [1.807, 2.05) is 6.92 Å². The van der Waals surface area contributed by atoms with Crippen molar-refractivity contribution in [3.63, 3.8) is 0 Å². The van der Waals surface area contributed by atoms with Gasteiger partial charge in [-0.15, -0.1) is 18.3 Å². The molecule has 0 aliphatic rings. The number of aromatic nitrogens is 4. The summed E-state index contributed by atoms with van der Waals surface area (Å²) in [6.45, 7) is 1.91. The average molecular weight is 384 g/mol. The summed E-state index contributed by atoms with van der Waals surface area (Å²) in [6.07, 6.45) is -4.75. The minimum absolute atomic E-state index is 0.0619. The quantitative estimate of drug-likeness (QED) is 0.477. The molecule has 0 radical (unpaired) electrons. The Morgan fingerprint density at radius 3 is 2.31 bits per heavy atom. The number of thioether (sulfide) groups is 1. The first-order chi connectivity index (χ1) is 12.3. The van der Waals surface area contributed by atoms with E-state index in [4.69, 9.17) is 0 Å². The maximum absolute atomic E-state index is 13.0. The second kappa shape index (κ2) is 7.32. The van der Waals surface area contributed by atoms with Gasteiger partial charge in [0, 0.05) is 5.25 Å². The number of hydrogen-bond donors (Lipinski definition) is 0.